The summed E-state index contributed by atoms with van der Waals surface area (Å²) in [4.78, 5) is 26.9. The Balaban J connectivity index is 1.15. The number of urea groups is 1. The molecular formula is C22H38N4O2. The fourth-order valence-electron chi connectivity index (χ4n) is 6.72. The molecule has 1 saturated heterocycles. The molecule has 6 nitrogen and oxygen atoms in total. The van der Waals surface area contributed by atoms with Gasteiger partial charge in [0.1, 0.15) is 0 Å². The number of carbonyl (C=O) groups is 2. The number of hydrogen-bond acceptors (Lipinski definition) is 3. The monoisotopic (exact) mass is 390 g/mol. The third-order valence-corrected chi connectivity index (χ3v) is 7.69. The third kappa shape index (κ3) is 4.64. The van der Waals surface area contributed by atoms with E-state index in [1.807, 2.05) is 4.90 Å². The number of nitrogens with zero attached hydrogens (tertiary/aromatic N) is 1. The number of piperidine rings is 1. The van der Waals surface area contributed by atoms with Crippen molar-refractivity contribution in [1.82, 2.24) is 20.9 Å². The molecule has 1 heterocycles. The van der Waals surface area contributed by atoms with E-state index in [9.17, 15) is 9.59 Å². The Morgan fingerprint density at radius 1 is 1.00 bits per heavy atom. The summed E-state index contributed by atoms with van der Waals surface area (Å²) in [6.45, 7) is 6.35. The van der Waals surface area contributed by atoms with Crippen LogP contribution in [-0.4, -0.2) is 55.1 Å². The maximum absolute atomic E-state index is 12.5. The summed E-state index contributed by atoms with van der Waals surface area (Å²) in [5, 5.41) is 9.68. The topological polar surface area (TPSA) is 73.5 Å². The van der Waals surface area contributed by atoms with Crippen LogP contribution >= 0.6 is 0 Å². The van der Waals surface area contributed by atoms with Crippen LogP contribution in [0.3, 0.4) is 0 Å². The van der Waals surface area contributed by atoms with Crippen molar-refractivity contribution in [2.24, 2.45) is 23.7 Å². The van der Waals surface area contributed by atoms with E-state index >= 15 is 0 Å². The summed E-state index contributed by atoms with van der Waals surface area (Å²) in [6.07, 6.45) is 10.2. The Hall–Kier alpha value is -1.30. The summed E-state index contributed by atoms with van der Waals surface area (Å²) in [5.74, 6) is 3.33. The van der Waals surface area contributed by atoms with Crippen molar-refractivity contribution in [1.29, 1.82) is 0 Å². The summed E-state index contributed by atoms with van der Waals surface area (Å²) < 4.78 is 0. The van der Waals surface area contributed by atoms with E-state index in [2.05, 4.69) is 22.9 Å². The molecule has 4 saturated carbocycles. The molecule has 158 valence electrons. The predicted molar refractivity (Wildman–Crippen MR) is 110 cm³/mol. The number of hydrogen-bond donors (Lipinski definition) is 3. The second-order valence-corrected chi connectivity index (χ2v) is 9.96. The van der Waals surface area contributed by atoms with Gasteiger partial charge in [-0.25, -0.2) is 4.79 Å². The standard InChI is InChI=1S/C22H38N4O2/c1-2-23-15-16-4-7-26(8-5-16)20(27)3-6-24-21(28)25-22-12-17-9-18(13-22)11-19(10-17)14-22/h16-19,23H,2-15H2,1H3,(H2,24,25,28). The molecule has 3 amide bonds. The lowest BCUT2D eigenvalue weighted by molar-refractivity contribution is -0.132. The van der Waals surface area contributed by atoms with Crippen LogP contribution in [0.1, 0.15) is 64.7 Å². The molecule has 1 aliphatic heterocycles. The number of amides is 3. The van der Waals surface area contributed by atoms with Gasteiger partial charge in [-0.3, -0.25) is 4.79 Å². The highest BCUT2D eigenvalue weighted by atomic mass is 16.2. The summed E-state index contributed by atoms with van der Waals surface area (Å²) in [5.41, 5.74) is 0.0389. The van der Waals surface area contributed by atoms with Crippen LogP contribution in [0.5, 0.6) is 0 Å². The van der Waals surface area contributed by atoms with Gasteiger partial charge in [0.25, 0.3) is 0 Å². The highest BCUT2D eigenvalue weighted by Gasteiger charge is 2.51. The summed E-state index contributed by atoms with van der Waals surface area (Å²) in [7, 11) is 0. The minimum Gasteiger partial charge on any atom is -0.343 e. The van der Waals surface area contributed by atoms with E-state index in [0.29, 0.717) is 18.9 Å². The van der Waals surface area contributed by atoms with Crippen molar-refractivity contribution >= 4 is 11.9 Å². The summed E-state index contributed by atoms with van der Waals surface area (Å²) in [6, 6.07) is -0.0703. The largest absolute Gasteiger partial charge is 0.343 e. The van der Waals surface area contributed by atoms with Crippen molar-refractivity contribution in [3.05, 3.63) is 0 Å². The number of likely N-dealkylation sites (tertiary alicyclic amines) is 1. The van der Waals surface area contributed by atoms with Gasteiger partial charge >= 0.3 is 6.03 Å². The Morgan fingerprint density at radius 3 is 2.18 bits per heavy atom. The molecule has 5 rings (SSSR count). The zero-order valence-electron chi connectivity index (χ0n) is 17.5. The lowest BCUT2D eigenvalue weighted by Crippen LogP contribution is -2.61. The molecule has 0 spiro atoms. The van der Waals surface area contributed by atoms with Gasteiger partial charge in [-0.15, -0.1) is 0 Å². The van der Waals surface area contributed by atoms with E-state index < -0.39 is 0 Å². The number of rotatable bonds is 7. The van der Waals surface area contributed by atoms with E-state index in [1.165, 1.54) is 19.3 Å². The van der Waals surface area contributed by atoms with E-state index in [4.69, 9.17) is 0 Å². The second kappa shape index (κ2) is 8.60. The van der Waals surface area contributed by atoms with Crippen molar-refractivity contribution < 1.29 is 9.59 Å². The zero-order valence-corrected chi connectivity index (χ0v) is 17.5. The van der Waals surface area contributed by atoms with Gasteiger partial charge in [-0.1, -0.05) is 6.92 Å². The molecule has 0 aromatic heterocycles. The van der Waals surface area contributed by atoms with Crippen LogP contribution < -0.4 is 16.0 Å². The lowest BCUT2D eigenvalue weighted by atomic mass is 9.53. The van der Waals surface area contributed by atoms with Gasteiger partial charge in [0.2, 0.25) is 5.91 Å². The molecule has 5 aliphatic rings. The van der Waals surface area contributed by atoms with E-state index in [-0.39, 0.29) is 17.5 Å². The number of carbonyl (C=O) groups excluding carboxylic acids is 2. The number of nitrogens with one attached hydrogen (secondary N) is 3. The van der Waals surface area contributed by atoms with Crippen molar-refractivity contribution in [3.63, 3.8) is 0 Å². The first-order chi connectivity index (χ1) is 13.5. The van der Waals surface area contributed by atoms with Crippen LogP contribution in [0.4, 0.5) is 4.79 Å². The molecule has 0 radical (unpaired) electrons. The molecule has 4 aliphatic carbocycles. The summed E-state index contributed by atoms with van der Waals surface area (Å²) >= 11 is 0. The van der Waals surface area contributed by atoms with Crippen LogP contribution in [-0.2, 0) is 4.79 Å². The van der Waals surface area contributed by atoms with Gasteiger partial charge in [0.15, 0.2) is 0 Å². The predicted octanol–water partition coefficient (Wildman–Crippen LogP) is 2.49. The maximum atomic E-state index is 12.5. The Kier molecular flexibility index (Phi) is 6.14. The maximum Gasteiger partial charge on any atom is 0.315 e. The molecule has 0 aromatic carbocycles. The fourth-order valence-corrected chi connectivity index (χ4v) is 6.72. The average Bonchev–Trinajstić information content (AvgIpc) is 2.65. The Bertz CT molecular complexity index is 536. The average molecular weight is 391 g/mol. The van der Waals surface area contributed by atoms with Crippen LogP contribution in [0.25, 0.3) is 0 Å². The first-order valence-electron chi connectivity index (χ1n) is 11.6. The van der Waals surface area contributed by atoms with Crippen molar-refractivity contribution in [2.75, 3.05) is 32.7 Å². The van der Waals surface area contributed by atoms with Crippen molar-refractivity contribution in [3.8, 4) is 0 Å². The third-order valence-electron chi connectivity index (χ3n) is 7.69. The van der Waals surface area contributed by atoms with Crippen LogP contribution in [0.15, 0.2) is 0 Å². The molecule has 3 N–H and O–H groups in total. The molecular weight excluding hydrogens is 352 g/mol. The Morgan fingerprint density at radius 2 is 1.61 bits per heavy atom. The highest BCUT2D eigenvalue weighted by Crippen LogP contribution is 2.55. The fraction of sp³-hybridized carbons (Fsp3) is 0.909. The second-order valence-electron chi connectivity index (χ2n) is 9.96. The molecule has 0 aromatic rings. The molecule has 0 unspecified atom stereocenters. The van der Waals surface area contributed by atoms with Gasteiger partial charge < -0.3 is 20.9 Å². The van der Waals surface area contributed by atoms with Crippen molar-refractivity contribution in [2.45, 2.75) is 70.3 Å². The zero-order chi connectivity index (χ0) is 19.6. The normalized spacial score (nSPS) is 34.5. The molecule has 6 heteroatoms. The lowest BCUT2D eigenvalue weighted by Gasteiger charge is -2.56. The van der Waals surface area contributed by atoms with Gasteiger partial charge in [0, 0.05) is 31.6 Å². The smallest absolute Gasteiger partial charge is 0.315 e. The minimum atomic E-state index is -0.0703. The van der Waals surface area contributed by atoms with Gasteiger partial charge in [-0.05, 0) is 88.1 Å². The molecule has 4 bridgehead atoms. The molecule has 5 fully saturated rings. The Labute approximate surface area is 169 Å². The first kappa shape index (κ1) is 20.0. The van der Waals surface area contributed by atoms with E-state index in [1.54, 1.807) is 0 Å². The quantitative estimate of drug-likeness (QED) is 0.625. The van der Waals surface area contributed by atoms with Gasteiger partial charge in [0.05, 0.1) is 0 Å². The van der Waals surface area contributed by atoms with E-state index in [0.717, 1.165) is 76.0 Å². The molecule has 0 atom stereocenters. The van der Waals surface area contributed by atoms with Crippen LogP contribution in [0, 0.1) is 23.7 Å². The SMILES string of the molecule is CCNCC1CCN(C(=O)CCNC(=O)NC23CC4CC(CC(C4)C2)C3)CC1. The molecule has 28 heavy (non-hydrogen) atoms. The van der Waals surface area contributed by atoms with Gasteiger partial charge in [-0.2, -0.15) is 0 Å². The minimum absolute atomic E-state index is 0.0389. The van der Waals surface area contributed by atoms with Crippen LogP contribution in [0.2, 0.25) is 0 Å². The first-order valence-corrected chi connectivity index (χ1v) is 11.6. The highest BCUT2D eigenvalue weighted by molar-refractivity contribution is 5.78.